The van der Waals surface area contributed by atoms with Gasteiger partial charge in [0.05, 0.1) is 35.9 Å². The van der Waals surface area contributed by atoms with E-state index < -0.39 is 5.60 Å². The van der Waals surface area contributed by atoms with E-state index in [9.17, 15) is 10.4 Å². The predicted octanol–water partition coefficient (Wildman–Crippen LogP) is 2.79. The van der Waals surface area contributed by atoms with Crippen molar-refractivity contribution in [3.05, 3.63) is 66.4 Å². The van der Waals surface area contributed by atoms with Gasteiger partial charge in [-0.25, -0.2) is 9.97 Å². The van der Waals surface area contributed by atoms with Gasteiger partial charge in [-0.3, -0.25) is 9.88 Å². The minimum atomic E-state index is -0.623. The largest absolute Gasteiger partial charge is 0.481 e. The number of allylic oxidation sites excluding steroid dienone is 1. The highest BCUT2D eigenvalue weighted by Crippen LogP contribution is 2.38. The number of nitrogens with two attached hydrogens (primary N) is 1. The lowest BCUT2D eigenvalue weighted by atomic mass is 9.87. The third kappa shape index (κ3) is 5.06. The van der Waals surface area contributed by atoms with Crippen molar-refractivity contribution < 1.29 is 9.84 Å². The molecule has 0 spiro atoms. The zero-order valence-electron chi connectivity index (χ0n) is 22.9. The Kier molecular flexibility index (Phi) is 6.78. The summed E-state index contributed by atoms with van der Waals surface area (Å²) < 4.78 is 5.18. The smallest absolute Gasteiger partial charge is 0.212 e. The van der Waals surface area contributed by atoms with Crippen LogP contribution in [-0.4, -0.2) is 76.4 Å². The maximum atomic E-state index is 10.4. The summed E-state index contributed by atoms with van der Waals surface area (Å²) in [4.78, 5) is 20.7. The molecule has 0 amide bonds. The maximum Gasteiger partial charge on any atom is 0.212 e. The number of rotatable bonds is 9. The Morgan fingerprint density at radius 1 is 1.18 bits per heavy atom. The summed E-state index contributed by atoms with van der Waals surface area (Å²) in [5.41, 5.74) is 9.65. The number of hydrogen-bond acceptors (Lipinski definition) is 10. The number of ether oxygens (including phenoxy) is 1. The number of nitriles is 1. The van der Waals surface area contributed by atoms with Gasteiger partial charge in [-0.15, -0.1) is 0 Å². The first-order chi connectivity index (χ1) is 19.4. The molecule has 40 heavy (non-hydrogen) atoms. The van der Waals surface area contributed by atoms with Crippen LogP contribution in [0.5, 0.6) is 5.88 Å². The number of pyridine rings is 3. The van der Waals surface area contributed by atoms with Crippen molar-refractivity contribution in [2.24, 2.45) is 5.73 Å². The van der Waals surface area contributed by atoms with Gasteiger partial charge in [0, 0.05) is 81.1 Å². The molecule has 0 aromatic carbocycles. The number of methoxy groups -OCH3 is 1. The molecule has 6 heterocycles. The molecule has 2 bridgehead atoms. The SMILES string of the molecule is COc1ccc(CN2C3CC2CN(c2ccc(-c4cc(N(C)CC5(O)CC5)cnc4/C(C#N)=C\N)cn2)C3)cn1. The van der Waals surface area contributed by atoms with Crippen LogP contribution in [0.1, 0.15) is 30.5 Å². The van der Waals surface area contributed by atoms with Crippen LogP contribution in [0.15, 0.2) is 55.1 Å². The van der Waals surface area contributed by atoms with E-state index in [1.165, 1.54) is 18.2 Å². The van der Waals surface area contributed by atoms with Crippen molar-refractivity contribution in [2.75, 3.05) is 43.6 Å². The van der Waals surface area contributed by atoms with Gasteiger partial charge in [0.2, 0.25) is 5.88 Å². The van der Waals surface area contributed by atoms with Crippen molar-refractivity contribution in [3.8, 4) is 23.1 Å². The highest BCUT2D eigenvalue weighted by molar-refractivity contribution is 5.86. The molecule has 7 rings (SSSR count). The van der Waals surface area contributed by atoms with E-state index in [0.717, 1.165) is 55.1 Å². The molecule has 2 unspecified atom stereocenters. The first kappa shape index (κ1) is 26.0. The quantitative estimate of drug-likeness (QED) is 0.393. The van der Waals surface area contributed by atoms with Crippen LogP contribution in [0.3, 0.4) is 0 Å². The second-order valence-corrected chi connectivity index (χ2v) is 11.1. The lowest BCUT2D eigenvalue weighted by molar-refractivity contribution is -0.00876. The summed E-state index contributed by atoms with van der Waals surface area (Å²) >= 11 is 0. The van der Waals surface area contributed by atoms with Crippen molar-refractivity contribution >= 4 is 17.1 Å². The van der Waals surface area contributed by atoms with E-state index in [0.29, 0.717) is 35.8 Å². The van der Waals surface area contributed by atoms with Crippen molar-refractivity contribution in [1.82, 2.24) is 19.9 Å². The van der Waals surface area contributed by atoms with Gasteiger partial charge in [0.15, 0.2) is 0 Å². The average Bonchev–Trinajstić information content (AvgIpc) is 3.73. The van der Waals surface area contributed by atoms with E-state index >= 15 is 0 Å². The highest BCUT2D eigenvalue weighted by Gasteiger charge is 2.44. The number of piperidine rings is 1. The van der Waals surface area contributed by atoms with Crippen molar-refractivity contribution in [3.63, 3.8) is 0 Å². The molecule has 2 atom stereocenters. The Morgan fingerprint density at radius 3 is 2.58 bits per heavy atom. The molecular formula is C30H34N8O2. The molecule has 3 aromatic rings. The third-order valence-corrected chi connectivity index (χ3v) is 8.31. The van der Waals surface area contributed by atoms with E-state index in [2.05, 4.69) is 31.9 Å². The van der Waals surface area contributed by atoms with Crippen LogP contribution in [0, 0.1) is 11.3 Å². The van der Waals surface area contributed by atoms with E-state index in [1.807, 2.05) is 48.6 Å². The fraction of sp³-hybridized carbons (Fsp3) is 0.400. The molecule has 10 nitrogen and oxygen atoms in total. The van der Waals surface area contributed by atoms with Gasteiger partial charge in [-0.1, -0.05) is 6.07 Å². The van der Waals surface area contributed by atoms with Crippen molar-refractivity contribution in [2.45, 2.75) is 43.5 Å². The van der Waals surface area contributed by atoms with Gasteiger partial charge in [-0.2, -0.15) is 5.26 Å². The fourth-order valence-electron chi connectivity index (χ4n) is 5.80. The molecule has 206 valence electrons. The van der Waals surface area contributed by atoms with Crippen LogP contribution >= 0.6 is 0 Å². The summed E-state index contributed by atoms with van der Waals surface area (Å²) in [5.74, 6) is 1.58. The number of anilines is 2. The zero-order valence-corrected chi connectivity index (χ0v) is 22.9. The second kappa shape index (κ2) is 10.4. The molecular weight excluding hydrogens is 504 g/mol. The molecule has 3 aromatic heterocycles. The van der Waals surface area contributed by atoms with E-state index in [-0.39, 0.29) is 0 Å². The molecule has 0 radical (unpaired) electrons. The van der Waals surface area contributed by atoms with Crippen LogP contribution in [-0.2, 0) is 6.54 Å². The number of likely N-dealkylation sites (N-methyl/N-ethyl adjacent to an activating group) is 1. The van der Waals surface area contributed by atoms with Crippen LogP contribution in [0.25, 0.3) is 16.7 Å². The number of piperazine rings is 1. The molecule has 3 aliphatic heterocycles. The Labute approximate surface area is 234 Å². The predicted molar refractivity (Wildman–Crippen MR) is 153 cm³/mol. The van der Waals surface area contributed by atoms with Gasteiger partial charge < -0.3 is 25.4 Å². The lowest BCUT2D eigenvalue weighted by Crippen LogP contribution is -2.68. The number of nitrogens with zero attached hydrogens (tertiary/aromatic N) is 7. The molecule has 3 N–H and O–H groups in total. The Bertz CT molecular complexity index is 1430. The minimum absolute atomic E-state index is 0.303. The Balaban J connectivity index is 1.18. The van der Waals surface area contributed by atoms with E-state index in [4.69, 9.17) is 15.5 Å². The summed E-state index contributed by atoms with van der Waals surface area (Å²) in [7, 11) is 3.57. The standard InChI is InChI=1S/C30H34N8O2/c1-36(19-30(39)7-8-30)23-10-26(29(35-15-23)22(11-31)12-32)21-4-5-27(33-14-21)37-17-24-9-25(18-37)38(24)16-20-3-6-28(40-2)34-13-20/h3-6,10-11,13-15,24-25,39H,7-9,16-19,31H2,1-2H3/b22-11-. The summed E-state index contributed by atoms with van der Waals surface area (Å²) in [6, 6.07) is 13.2. The summed E-state index contributed by atoms with van der Waals surface area (Å²) in [5, 5.41) is 20.1. The normalized spacial score (nSPS) is 21.4. The van der Waals surface area contributed by atoms with Crippen LogP contribution in [0.4, 0.5) is 11.5 Å². The maximum absolute atomic E-state index is 10.4. The average molecular weight is 539 g/mol. The Hall–Kier alpha value is -4.20. The monoisotopic (exact) mass is 538 g/mol. The van der Waals surface area contributed by atoms with E-state index in [1.54, 1.807) is 13.3 Å². The molecule has 4 aliphatic rings. The molecule has 10 heteroatoms. The Morgan fingerprint density at radius 2 is 1.98 bits per heavy atom. The number of hydrogen-bond donors (Lipinski definition) is 2. The first-order valence-corrected chi connectivity index (χ1v) is 13.6. The van der Waals surface area contributed by atoms with Gasteiger partial charge in [-0.05, 0) is 43.0 Å². The lowest BCUT2D eigenvalue weighted by Gasteiger charge is -2.56. The van der Waals surface area contributed by atoms with Gasteiger partial charge in [0.25, 0.3) is 0 Å². The number of aliphatic hydroxyl groups is 1. The molecule has 4 fully saturated rings. The second-order valence-electron chi connectivity index (χ2n) is 11.1. The molecule has 1 saturated carbocycles. The van der Waals surface area contributed by atoms with Crippen molar-refractivity contribution in [1.29, 1.82) is 5.26 Å². The van der Waals surface area contributed by atoms with Gasteiger partial charge in [0.1, 0.15) is 11.9 Å². The minimum Gasteiger partial charge on any atom is -0.481 e. The highest BCUT2D eigenvalue weighted by atomic mass is 16.5. The summed E-state index contributed by atoms with van der Waals surface area (Å²) in [6.45, 7) is 3.28. The summed E-state index contributed by atoms with van der Waals surface area (Å²) in [6.07, 6.45) is 9.57. The zero-order chi connectivity index (χ0) is 27.9. The fourth-order valence-corrected chi connectivity index (χ4v) is 5.80. The topological polar surface area (TPSA) is 128 Å². The van der Waals surface area contributed by atoms with Crippen LogP contribution < -0.4 is 20.3 Å². The molecule has 3 saturated heterocycles. The van der Waals surface area contributed by atoms with Crippen LogP contribution in [0.2, 0.25) is 0 Å². The number of fused-ring (bicyclic) bond motifs is 2. The number of aromatic nitrogens is 3. The first-order valence-electron chi connectivity index (χ1n) is 13.6. The third-order valence-electron chi connectivity index (χ3n) is 8.31. The molecule has 1 aliphatic carbocycles. The van der Waals surface area contributed by atoms with Gasteiger partial charge >= 0.3 is 0 Å².